The molecule has 2 amide bonds. The third-order valence-corrected chi connectivity index (χ3v) is 7.31. The molecule has 0 heterocycles. The standard InChI is InChI=1S/C31H29Cl2N3O4S/c1-31(2,3)40-28(37)18-36(41-22-15-20(32)14-21(33)16-22)27-13-7-10-24-25(27)11-6-12-26(24)30(39)35-17-19-8-4-5-9-23(19)29(34)38/h4-16H,17-18H2,1-3H3,(H2,34,38)(H,35,39). The second-order valence-corrected chi connectivity index (χ2v) is 12.2. The van der Waals surface area contributed by atoms with Crippen molar-refractivity contribution in [2.75, 3.05) is 10.8 Å². The maximum absolute atomic E-state index is 13.3. The number of carbonyl (C=O) groups is 3. The van der Waals surface area contributed by atoms with Crippen LogP contribution in [0.1, 0.15) is 47.1 Å². The predicted molar refractivity (Wildman–Crippen MR) is 166 cm³/mol. The highest BCUT2D eigenvalue weighted by Crippen LogP contribution is 2.37. The molecule has 0 bridgehead atoms. The number of nitrogens with zero attached hydrogens (tertiary/aromatic N) is 1. The molecule has 212 valence electrons. The van der Waals surface area contributed by atoms with E-state index in [0.717, 1.165) is 10.3 Å². The van der Waals surface area contributed by atoms with E-state index in [1.807, 2.05) is 45.0 Å². The van der Waals surface area contributed by atoms with E-state index in [4.69, 9.17) is 33.7 Å². The number of nitrogens with two attached hydrogens (primary N) is 1. The number of primary amides is 1. The Bertz CT molecular complexity index is 1600. The summed E-state index contributed by atoms with van der Waals surface area (Å²) in [5.41, 5.74) is 6.93. The molecular weight excluding hydrogens is 581 g/mol. The highest BCUT2D eigenvalue weighted by molar-refractivity contribution is 8.00. The van der Waals surface area contributed by atoms with Gasteiger partial charge in [-0.1, -0.05) is 65.7 Å². The Kier molecular flexibility index (Phi) is 9.48. The van der Waals surface area contributed by atoms with Gasteiger partial charge in [0.05, 0.1) is 5.69 Å². The van der Waals surface area contributed by atoms with Crippen molar-refractivity contribution in [3.63, 3.8) is 0 Å². The molecule has 4 rings (SSSR count). The first-order chi connectivity index (χ1) is 19.4. The van der Waals surface area contributed by atoms with E-state index in [-0.39, 0.29) is 19.0 Å². The fraction of sp³-hybridized carbons (Fsp3) is 0.194. The Morgan fingerprint density at radius 2 is 1.51 bits per heavy atom. The van der Waals surface area contributed by atoms with E-state index in [1.165, 1.54) is 11.9 Å². The molecule has 0 aliphatic heterocycles. The van der Waals surface area contributed by atoms with Crippen molar-refractivity contribution in [1.29, 1.82) is 0 Å². The number of carbonyl (C=O) groups excluding carboxylic acids is 3. The molecule has 0 saturated heterocycles. The van der Waals surface area contributed by atoms with Crippen LogP contribution in [0.15, 0.2) is 83.8 Å². The molecule has 0 atom stereocenters. The van der Waals surface area contributed by atoms with Gasteiger partial charge < -0.3 is 20.1 Å². The lowest BCUT2D eigenvalue weighted by atomic mass is 10.0. The number of halogens is 2. The molecule has 10 heteroatoms. The average molecular weight is 611 g/mol. The normalized spacial score (nSPS) is 11.2. The van der Waals surface area contributed by atoms with Crippen LogP contribution in [-0.2, 0) is 16.1 Å². The Balaban J connectivity index is 1.69. The summed E-state index contributed by atoms with van der Waals surface area (Å²) in [6.45, 7) is 5.48. The first-order valence-corrected chi connectivity index (χ1v) is 14.3. The quantitative estimate of drug-likeness (QED) is 0.156. The van der Waals surface area contributed by atoms with Gasteiger partial charge in [0, 0.05) is 38.0 Å². The maximum atomic E-state index is 13.3. The third kappa shape index (κ3) is 7.94. The number of hydrogen-bond acceptors (Lipinski definition) is 6. The number of benzene rings is 4. The zero-order valence-corrected chi connectivity index (χ0v) is 25.1. The molecular formula is C31H29Cl2N3O4S. The van der Waals surface area contributed by atoms with Crippen LogP contribution in [0.5, 0.6) is 0 Å². The minimum atomic E-state index is -0.663. The molecule has 0 aromatic heterocycles. The van der Waals surface area contributed by atoms with Gasteiger partial charge in [0.15, 0.2) is 0 Å². The molecule has 4 aromatic rings. The molecule has 0 saturated carbocycles. The molecule has 0 radical (unpaired) electrons. The molecule has 4 aromatic carbocycles. The Labute approximate surface area is 253 Å². The number of ether oxygens (including phenoxy) is 1. The lowest BCUT2D eigenvalue weighted by molar-refractivity contribution is -0.152. The van der Waals surface area contributed by atoms with Gasteiger partial charge in [0.25, 0.3) is 5.91 Å². The van der Waals surface area contributed by atoms with E-state index in [1.54, 1.807) is 58.9 Å². The highest BCUT2D eigenvalue weighted by atomic mass is 35.5. The fourth-order valence-corrected chi connectivity index (χ4v) is 5.96. The van der Waals surface area contributed by atoms with Gasteiger partial charge in [-0.15, -0.1) is 0 Å². The molecule has 0 fully saturated rings. The molecule has 0 spiro atoms. The molecule has 7 nitrogen and oxygen atoms in total. The number of anilines is 1. The first kappa shape index (κ1) is 30.2. The minimum absolute atomic E-state index is 0.0779. The number of amides is 2. The van der Waals surface area contributed by atoms with Gasteiger partial charge in [-0.25, -0.2) is 0 Å². The van der Waals surface area contributed by atoms with Crippen molar-refractivity contribution in [2.24, 2.45) is 5.73 Å². The molecule has 0 unspecified atom stereocenters. The summed E-state index contributed by atoms with van der Waals surface area (Å²) in [7, 11) is 0. The van der Waals surface area contributed by atoms with E-state index in [9.17, 15) is 14.4 Å². The number of esters is 1. The average Bonchev–Trinajstić information content (AvgIpc) is 2.89. The summed E-state index contributed by atoms with van der Waals surface area (Å²) >= 11 is 13.8. The predicted octanol–water partition coefficient (Wildman–Crippen LogP) is 7.03. The molecule has 3 N–H and O–H groups in total. The Hall–Kier alpha value is -3.72. The second-order valence-electron chi connectivity index (χ2n) is 10.2. The topological polar surface area (TPSA) is 102 Å². The largest absolute Gasteiger partial charge is 0.459 e. The van der Waals surface area contributed by atoms with Gasteiger partial charge in [0.1, 0.15) is 12.1 Å². The van der Waals surface area contributed by atoms with Gasteiger partial charge in [-0.05, 0) is 80.1 Å². The van der Waals surface area contributed by atoms with Gasteiger partial charge in [-0.3, -0.25) is 14.4 Å². The van der Waals surface area contributed by atoms with Crippen LogP contribution < -0.4 is 15.4 Å². The van der Waals surface area contributed by atoms with Gasteiger partial charge >= 0.3 is 5.97 Å². The summed E-state index contributed by atoms with van der Waals surface area (Å²) in [5.74, 6) is -1.30. The van der Waals surface area contributed by atoms with Gasteiger partial charge in [-0.2, -0.15) is 0 Å². The summed E-state index contributed by atoms with van der Waals surface area (Å²) in [5, 5.41) is 5.26. The number of rotatable bonds is 9. The first-order valence-electron chi connectivity index (χ1n) is 12.7. The number of nitrogens with one attached hydrogen (secondary N) is 1. The fourth-order valence-electron chi connectivity index (χ4n) is 4.26. The van der Waals surface area contributed by atoms with E-state index in [0.29, 0.717) is 37.8 Å². The van der Waals surface area contributed by atoms with Crippen LogP contribution in [0.2, 0.25) is 10.0 Å². The molecule has 0 aliphatic carbocycles. The van der Waals surface area contributed by atoms with Crippen LogP contribution in [-0.4, -0.2) is 29.9 Å². The summed E-state index contributed by atoms with van der Waals surface area (Å²) in [6.07, 6.45) is 0. The lowest BCUT2D eigenvalue weighted by Gasteiger charge is -2.27. The second kappa shape index (κ2) is 12.9. The van der Waals surface area contributed by atoms with Gasteiger partial charge in [0.2, 0.25) is 5.91 Å². The monoisotopic (exact) mass is 609 g/mol. The zero-order valence-electron chi connectivity index (χ0n) is 22.7. The maximum Gasteiger partial charge on any atom is 0.327 e. The number of hydrogen-bond donors (Lipinski definition) is 2. The third-order valence-electron chi connectivity index (χ3n) is 5.88. The Morgan fingerprint density at radius 1 is 0.878 bits per heavy atom. The van der Waals surface area contributed by atoms with Crippen LogP contribution in [0.3, 0.4) is 0 Å². The highest BCUT2D eigenvalue weighted by Gasteiger charge is 2.23. The molecule has 0 aliphatic rings. The van der Waals surface area contributed by atoms with Crippen LogP contribution >= 0.6 is 35.1 Å². The van der Waals surface area contributed by atoms with Crippen molar-refractivity contribution in [2.45, 2.75) is 37.8 Å². The lowest BCUT2D eigenvalue weighted by Crippen LogP contribution is -2.31. The van der Waals surface area contributed by atoms with E-state index < -0.39 is 17.5 Å². The number of fused-ring (bicyclic) bond motifs is 1. The summed E-state index contributed by atoms with van der Waals surface area (Å²) in [6, 6.07) is 23.0. The van der Waals surface area contributed by atoms with Crippen molar-refractivity contribution in [3.8, 4) is 0 Å². The van der Waals surface area contributed by atoms with Crippen molar-refractivity contribution >= 4 is 69.4 Å². The Morgan fingerprint density at radius 3 is 2.20 bits per heavy atom. The van der Waals surface area contributed by atoms with Crippen LogP contribution in [0.4, 0.5) is 5.69 Å². The summed E-state index contributed by atoms with van der Waals surface area (Å²) < 4.78 is 7.40. The smallest absolute Gasteiger partial charge is 0.327 e. The van der Waals surface area contributed by atoms with Crippen LogP contribution in [0.25, 0.3) is 10.8 Å². The van der Waals surface area contributed by atoms with E-state index >= 15 is 0 Å². The van der Waals surface area contributed by atoms with Crippen molar-refractivity contribution in [3.05, 3.63) is 106 Å². The summed E-state index contributed by atoms with van der Waals surface area (Å²) in [4.78, 5) is 38.8. The SMILES string of the molecule is CC(C)(C)OC(=O)CN(Sc1cc(Cl)cc(Cl)c1)c1cccc2c(C(=O)NCc3ccccc3C(N)=O)cccc12. The zero-order chi connectivity index (χ0) is 29.7. The van der Waals surface area contributed by atoms with E-state index in [2.05, 4.69) is 5.32 Å². The molecule has 41 heavy (non-hydrogen) atoms. The van der Waals surface area contributed by atoms with Crippen LogP contribution in [0, 0.1) is 0 Å². The minimum Gasteiger partial charge on any atom is -0.459 e. The van der Waals surface area contributed by atoms with Crippen molar-refractivity contribution < 1.29 is 19.1 Å². The van der Waals surface area contributed by atoms with Crippen molar-refractivity contribution in [1.82, 2.24) is 5.32 Å².